The number of aryl methyl sites for hydroxylation is 1. The molecule has 3 heteroatoms. The lowest BCUT2D eigenvalue weighted by Gasteiger charge is -2.25. The van der Waals surface area contributed by atoms with Crippen molar-refractivity contribution in [1.29, 1.82) is 0 Å². The van der Waals surface area contributed by atoms with E-state index in [2.05, 4.69) is 38.2 Å². The molecule has 1 aromatic carbocycles. The topological polar surface area (TPSA) is 29.1 Å². The van der Waals surface area contributed by atoms with Gasteiger partial charge in [-0.25, -0.2) is 0 Å². The van der Waals surface area contributed by atoms with Crippen LogP contribution in [0.1, 0.15) is 44.2 Å². The second-order valence-corrected chi connectivity index (χ2v) is 6.74. The van der Waals surface area contributed by atoms with Crippen LogP contribution in [0.3, 0.4) is 0 Å². The van der Waals surface area contributed by atoms with Crippen molar-refractivity contribution in [2.45, 2.75) is 57.1 Å². The average Bonchev–Trinajstić information content (AvgIpc) is 2.41. The molecule has 3 unspecified atom stereocenters. The molecule has 2 nitrogen and oxygen atoms in total. The Morgan fingerprint density at radius 3 is 2.47 bits per heavy atom. The minimum absolute atomic E-state index is 0.240. The van der Waals surface area contributed by atoms with Crippen LogP contribution in [0.15, 0.2) is 24.3 Å². The third kappa shape index (κ3) is 4.73. The van der Waals surface area contributed by atoms with E-state index in [0.717, 1.165) is 19.3 Å². The van der Waals surface area contributed by atoms with Gasteiger partial charge in [-0.15, -0.1) is 0 Å². The zero-order chi connectivity index (χ0) is 14.3. The predicted molar refractivity (Wildman–Crippen MR) is 84.9 cm³/mol. The Morgan fingerprint density at radius 2 is 1.95 bits per heavy atom. The Balaban J connectivity index is 2.76. The molecule has 0 heterocycles. The Hall–Kier alpha value is -0.670. The smallest absolute Gasteiger partial charge is 0.0501 e. The van der Waals surface area contributed by atoms with E-state index in [1.165, 1.54) is 11.1 Å². The first-order chi connectivity index (χ1) is 9.13. The molecule has 0 radical (unpaired) electrons. The zero-order valence-electron chi connectivity index (χ0n) is 12.6. The van der Waals surface area contributed by atoms with Crippen LogP contribution in [0.4, 0.5) is 0 Å². The van der Waals surface area contributed by atoms with E-state index < -0.39 is 10.8 Å². The predicted octanol–water partition coefficient (Wildman–Crippen LogP) is 3.41. The molecule has 0 saturated carbocycles. The van der Waals surface area contributed by atoms with Crippen molar-refractivity contribution in [3.05, 3.63) is 35.4 Å². The van der Waals surface area contributed by atoms with Gasteiger partial charge in [-0.2, -0.15) is 0 Å². The highest BCUT2D eigenvalue weighted by Crippen LogP contribution is 2.18. The van der Waals surface area contributed by atoms with E-state index in [0.29, 0.717) is 11.8 Å². The first-order valence-electron chi connectivity index (χ1n) is 7.22. The largest absolute Gasteiger partial charge is 0.316 e. The molecule has 0 fully saturated rings. The molecule has 108 valence electrons. The summed E-state index contributed by atoms with van der Waals surface area (Å²) in [7, 11) is 1.17. The van der Waals surface area contributed by atoms with E-state index in [-0.39, 0.29) is 5.25 Å². The second kappa shape index (κ2) is 8.49. The molecule has 1 aromatic rings. The van der Waals surface area contributed by atoms with E-state index >= 15 is 0 Å². The maximum absolute atomic E-state index is 12.6. The average molecular weight is 281 g/mol. The van der Waals surface area contributed by atoms with Gasteiger partial charge in [-0.1, -0.05) is 44.5 Å². The van der Waals surface area contributed by atoms with Gasteiger partial charge < -0.3 is 5.32 Å². The van der Waals surface area contributed by atoms with E-state index in [4.69, 9.17) is 0 Å². The summed E-state index contributed by atoms with van der Waals surface area (Å²) in [6, 6.07) is 8.61. The quantitative estimate of drug-likeness (QED) is 0.791. The highest BCUT2D eigenvalue weighted by molar-refractivity contribution is 7.84. The van der Waals surface area contributed by atoms with Crippen LogP contribution in [0.2, 0.25) is 0 Å². The molecule has 0 aliphatic heterocycles. The van der Waals surface area contributed by atoms with Crippen LogP contribution >= 0.6 is 0 Å². The summed E-state index contributed by atoms with van der Waals surface area (Å²) in [5, 5.41) is 3.58. The fraction of sp³-hybridized carbons (Fsp3) is 0.625. The lowest BCUT2D eigenvalue weighted by atomic mass is 10.1. The van der Waals surface area contributed by atoms with E-state index in [9.17, 15) is 4.21 Å². The molecular formula is C16H27NOS. The molecule has 19 heavy (non-hydrogen) atoms. The number of hydrogen-bond donors (Lipinski definition) is 1. The second-order valence-electron chi connectivity index (χ2n) is 5.08. The van der Waals surface area contributed by atoms with Gasteiger partial charge in [0.05, 0.1) is 5.25 Å². The van der Waals surface area contributed by atoms with Crippen molar-refractivity contribution in [2.75, 3.05) is 7.05 Å². The Labute approximate surface area is 120 Å². The van der Waals surface area contributed by atoms with Crippen LogP contribution in [-0.2, 0) is 16.6 Å². The molecule has 3 atom stereocenters. The molecule has 0 spiro atoms. The van der Waals surface area contributed by atoms with Crippen LogP contribution in [0.25, 0.3) is 0 Å². The minimum atomic E-state index is -0.813. The van der Waals surface area contributed by atoms with Crippen molar-refractivity contribution in [3.8, 4) is 0 Å². The molecule has 0 aromatic heterocycles. The summed E-state index contributed by atoms with van der Waals surface area (Å²) in [5.74, 6) is 0.674. The summed E-state index contributed by atoms with van der Waals surface area (Å²) in [5.41, 5.74) is 2.45. The SMILES string of the molecule is CCCC(NC)C(CC)S(=O)Cc1ccccc1C. The van der Waals surface area contributed by atoms with E-state index in [1.54, 1.807) is 0 Å². The standard InChI is InChI=1S/C16H27NOS/c1-5-9-15(17-4)16(6-2)19(18)12-14-11-8-7-10-13(14)3/h7-8,10-11,15-17H,5-6,9,12H2,1-4H3. The lowest BCUT2D eigenvalue weighted by Crippen LogP contribution is -2.40. The summed E-state index contributed by atoms with van der Waals surface area (Å²) in [4.78, 5) is 0. The number of hydrogen-bond acceptors (Lipinski definition) is 2. The molecule has 1 N–H and O–H groups in total. The van der Waals surface area contributed by atoms with Crippen molar-refractivity contribution in [3.63, 3.8) is 0 Å². The molecule has 0 amide bonds. The van der Waals surface area contributed by atoms with Gasteiger partial charge in [0, 0.05) is 22.6 Å². The lowest BCUT2D eigenvalue weighted by molar-refractivity contribution is 0.480. The molecule has 0 aliphatic rings. The Kier molecular flexibility index (Phi) is 7.32. The van der Waals surface area contributed by atoms with Gasteiger partial charge in [0.2, 0.25) is 0 Å². The van der Waals surface area contributed by atoms with Crippen LogP contribution in [0.5, 0.6) is 0 Å². The summed E-state index contributed by atoms with van der Waals surface area (Å²) in [6.45, 7) is 6.41. The molecule has 0 bridgehead atoms. The number of nitrogens with one attached hydrogen (secondary N) is 1. The Morgan fingerprint density at radius 1 is 1.26 bits per heavy atom. The summed E-state index contributed by atoms with van der Waals surface area (Å²) in [6.07, 6.45) is 3.18. The maximum atomic E-state index is 12.6. The van der Waals surface area contributed by atoms with Crippen molar-refractivity contribution in [2.24, 2.45) is 0 Å². The van der Waals surface area contributed by atoms with Crippen molar-refractivity contribution < 1.29 is 4.21 Å². The molecule has 1 rings (SSSR count). The molecule has 0 aliphatic carbocycles. The zero-order valence-corrected chi connectivity index (χ0v) is 13.4. The van der Waals surface area contributed by atoms with Gasteiger partial charge in [0.1, 0.15) is 0 Å². The first-order valence-corrected chi connectivity index (χ1v) is 8.61. The summed E-state index contributed by atoms with van der Waals surface area (Å²) >= 11 is 0. The maximum Gasteiger partial charge on any atom is 0.0501 e. The Bertz CT molecular complexity index is 405. The molecule has 0 saturated heterocycles. The highest BCUT2D eigenvalue weighted by atomic mass is 32.2. The van der Waals surface area contributed by atoms with Crippen LogP contribution < -0.4 is 5.32 Å². The monoisotopic (exact) mass is 281 g/mol. The number of rotatable bonds is 8. The third-order valence-corrected chi connectivity index (χ3v) is 5.65. The van der Waals surface area contributed by atoms with Gasteiger partial charge in [-0.3, -0.25) is 4.21 Å². The first kappa shape index (κ1) is 16.4. The van der Waals surface area contributed by atoms with Crippen molar-refractivity contribution in [1.82, 2.24) is 5.32 Å². The van der Waals surface area contributed by atoms with Crippen LogP contribution in [-0.4, -0.2) is 22.5 Å². The van der Waals surface area contributed by atoms with Crippen molar-refractivity contribution >= 4 is 10.8 Å². The minimum Gasteiger partial charge on any atom is -0.316 e. The van der Waals surface area contributed by atoms with E-state index in [1.807, 2.05) is 19.2 Å². The fourth-order valence-electron chi connectivity index (χ4n) is 2.51. The van der Waals surface area contributed by atoms with Gasteiger partial charge in [0.15, 0.2) is 0 Å². The highest BCUT2D eigenvalue weighted by Gasteiger charge is 2.23. The third-order valence-electron chi connectivity index (χ3n) is 3.72. The summed E-state index contributed by atoms with van der Waals surface area (Å²) < 4.78 is 12.6. The normalized spacial score (nSPS) is 16.0. The van der Waals surface area contributed by atoms with Crippen LogP contribution in [0, 0.1) is 6.92 Å². The van der Waals surface area contributed by atoms with Gasteiger partial charge in [0.25, 0.3) is 0 Å². The van der Waals surface area contributed by atoms with Gasteiger partial charge >= 0.3 is 0 Å². The fourth-order valence-corrected chi connectivity index (χ4v) is 4.37. The van der Waals surface area contributed by atoms with Gasteiger partial charge in [-0.05, 0) is 37.9 Å². The number of benzene rings is 1. The molecular weight excluding hydrogens is 254 g/mol.